The van der Waals surface area contributed by atoms with Crippen LogP contribution < -0.4 is 14.2 Å². The Morgan fingerprint density at radius 2 is 0.954 bits per heavy atom. The van der Waals surface area contributed by atoms with Gasteiger partial charge in [-0.2, -0.15) is 17.6 Å². The minimum absolute atomic E-state index is 0.0412. The van der Waals surface area contributed by atoms with Gasteiger partial charge in [-0.05, 0) is 154 Å². The van der Waals surface area contributed by atoms with E-state index in [1.165, 1.54) is 165 Å². The number of ether oxygens (including phenoxy) is 3. The van der Waals surface area contributed by atoms with Crippen LogP contribution in [0.3, 0.4) is 0 Å². The van der Waals surface area contributed by atoms with E-state index in [0.29, 0.717) is 24.5 Å². The molecule has 2 aromatic carbocycles. The predicted molar refractivity (Wildman–Crippen MR) is 251 cm³/mol. The first-order valence-corrected chi connectivity index (χ1v) is 26.0. The molecule has 0 bridgehead atoms. The van der Waals surface area contributed by atoms with E-state index < -0.39 is 19.2 Å². The molecule has 6 rings (SSSR count). The first-order valence-electron chi connectivity index (χ1n) is 26.0. The van der Waals surface area contributed by atoms with Crippen LogP contribution in [-0.4, -0.2) is 30.3 Å². The number of aliphatic carboxylic acids is 1. The number of unbranched alkanes of at least 4 members (excludes halogenated alkanes) is 9. The Hall–Kier alpha value is -3.30. The molecule has 0 unspecified atom stereocenters. The average molecular weight is 915 g/mol. The molecule has 1 N–H and O–H groups in total. The van der Waals surface area contributed by atoms with Crippen molar-refractivity contribution in [3.63, 3.8) is 0 Å². The van der Waals surface area contributed by atoms with E-state index in [2.05, 4.69) is 23.3 Å². The molecule has 4 saturated carbocycles. The Labute approximate surface area is 388 Å². The van der Waals surface area contributed by atoms with Crippen LogP contribution in [0.5, 0.6) is 17.2 Å². The maximum Gasteiger partial charge on any atom is 0.387 e. The molecule has 2 aromatic rings. The second-order valence-electron chi connectivity index (χ2n) is 20.3. The van der Waals surface area contributed by atoms with Crippen molar-refractivity contribution in [3.05, 3.63) is 54.1 Å². The molecule has 0 radical (unpaired) electrons. The summed E-state index contributed by atoms with van der Waals surface area (Å²) in [5.74, 6) is 3.33. The molecule has 0 saturated heterocycles. The minimum atomic E-state index is -2.86. The van der Waals surface area contributed by atoms with E-state index in [1.54, 1.807) is 12.1 Å². The third-order valence-corrected chi connectivity index (χ3v) is 16.1. The lowest BCUT2D eigenvalue weighted by molar-refractivity contribution is -0.143. The fourth-order valence-corrected chi connectivity index (χ4v) is 12.2. The molecular formula is C55H82F4O6. The van der Waals surface area contributed by atoms with Crippen LogP contribution in [0.1, 0.15) is 206 Å². The van der Waals surface area contributed by atoms with Crippen molar-refractivity contribution in [1.82, 2.24) is 0 Å². The van der Waals surface area contributed by atoms with E-state index in [1.807, 2.05) is 12.1 Å². The largest absolute Gasteiger partial charge is 0.481 e. The number of halogens is 4. The lowest BCUT2D eigenvalue weighted by atomic mass is 9.56. The molecule has 4 aliphatic rings. The average Bonchev–Trinajstić information content (AvgIpc) is 3.31. The van der Waals surface area contributed by atoms with Crippen LogP contribution >= 0.6 is 0 Å². The lowest BCUT2D eigenvalue weighted by Gasteiger charge is -2.48. The molecule has 0 amide bonds. The van der Waals surface area contributed by atoms with E-state index in [-0.39, 0.29) is 34.7 Å². The number of hydrogen-bond donors (Lipinski definition) is 1. The van der Waals surface area contributed by atoms with Gasteiger partial charge in [0.15, 0.2) is 0 Å². The lowest BCUT2D eigenvalue weighted by Crippen LogP contribution is -2.42. The van der Waals surface area contributed by atoms with Crippen LogP contribution in [0.15, 0.2) is 48.5 Å². The SMILES string of the molecule is CCCCCCCC1CCC(C2CCC(C(=O)Oc3ccc(OC(F)F)cc3)CC2)CC1.CCCCCCCCC1CCC(C2(c3ccc(OC(F)F)cc3)CCC(C(=O)O)CC2)CC1. The molecule has 0 aliphatic heterocycles. The molecule has 0 heterocycles. The van der Waals surface area contributed by atoms with E-state index in [4.69, 9.17) is 4.74 Å². The molecule has 0 spiro atoms. The van der Waals surface area contributed by atoms with Crippen molar-refractivity contribution in [3.8, 4) is 17.2 Å². The van der Waals surface area contributed by atoms with Crippen LogP contribution in [-0.2, 0) is 15.0 Å². The number of esters is 1. The smallest absolute Gasteiger partial charge is 0.387 e. The summed E-state index contributed by atoms with van der Waals surface area (Å²) in [5, 5.41) is 9.51. The Morgan fingerprint density at radius 3 is 1.42 bits per heavy atom. The monoisotopic (exact) mass is 915 g/mol. The van der Waals surface area contributed by atoms with Crippen molar-refractivity contribution in [2.75, 3.05) is 0 Å². The standard InChI is InChI=1S/C28H42F2O3.C27H40F2O3/c1-2-3-4-5-6-7-8-21-9-11-23(12-10-21)28(19-17-22(18-20-28)26(31)32)24-13-15-25(16-14-24)33-27(29)30;1-2-3-4-5-6-7-20-8-10-21(11-9-20)22-12-14-23(15-13-22)26(30)31-24-16-18-25(19-17-24)32-27(28)29/h13-16,21-23,27H,2-12,17-20H2,1H3,(H,31,32);16-23,27H,2-15H2,1H3. The van der Waals surface area contributed by atoms with E-state index >= 15 is 0 Å². The zero-order chi connectivity index (χ0) is 46.4. The quantitative estimate of drug-likeness (QED) is 0.0518. The molecule has 4 fully saturated rings. The molecule has 65 heavy (non-hydrogen) atoms. The topological polar surface area (TPSA) is 82.1 Å². The molecular weight excluding hydrogens is 833 g/mol. The number of hydrogen-bond acceptors (Lipinski definition) is 5. The van der Waals surface area contributed by atoms with Crippen molar-refractivity contribution in [1.29, 1.82) is 0 Å². The fraction of sp³-hybridized carbons (Fsp3) is 0.745. The van der Waals surface area contributed by atoms with Gasteiger partial charge in [0.05, 0.1) is 11.8 Å². The molecule has 10 heteroatoms. The van der Waals surface area contributed by atoms with E-state index in [0.717, 1.165) is 62.2 Å². The van der Waals surface area contributed by atoms with Gasteiger partial charge in [0, 0.05) is 0 Å². The normalized spacial score (nSPS) is 27.1. The van der Waals surface area contributed by atoms with Gasteiger partial charge >= 0.3 is 25.2 Å². The predicted octanol–water partition coefficient (Wildman–Crippen LogP) is 16.5. The Balaban J connectivity index is 0.000000244. The highest BCUT2D eigenvalue weighted by Gasteiger charge is 2.45. The first-order chi connectivity index (χ1) is 31.5. The summed E-state index contributed by atoms with van der Waals surface area (Å²) in [4.78, 5) is 24.1. The third-order valence-electron chi connectivity index (χ3n) is 16.1. The molecule has 0 aromatic heterocycles. The molecule has 366 valence electrons. The maximum absolute atomic E-state index is 12.6. The zero-order valence-electron chi connectivity index (χ0n) is 39.8. The van der Waals surface area contributed by atoms with Crippen LogP contribution in [0.2, 0.25) is 0 Å². The third kappa shape index (κ3) is 17.4. The van der Waals surface area contributed by atoms with Gasteiger partial charge < -0.3 is 19.3 Å². The Bertz CT molecular complexity index is 1600. The maximum atomic E-state index is 12.6. The summed E-state index contributed by atoms with van der Waals surface area (Å²) >= 11 is 0. The second kappa shape index (κ2) is 28.1. The second-order valence-corrected chi connectivity index (χ2v) is 20.3. The zero-order valence-corrected chi connectivity index (χ0v) is 39.8. The highest BCUT2D eigenvalue weighted by molar-refractivity contribution is 5.75. The molecule has 6 nitrogen and oxygen atoms in total. The summed E-state index contributed by atoms with van der Waals surface area (Å²) in [6.07, 6.45) is 35.3. The van der Waals surface area contributed by atoms with Gasteiger partial charge in [-0.1, -0.05) is 135 Å². The number of rotatable bonds is 23. The van der Waals surface area contributed by atoms with Gasteiger partial charge in [-0.15, -0.1) is 0 Å². The van der Waals surface area contributed by atoms with Gasteiger partial charge in [0.2, 0.25) is 0 Å². The minimum Gasteiger partial charge on any atom is -0.481 e. The van der Waals surface area contributed by atoms with Crippen LogP contribution in [0.25, 0.3) is 0 Å². The number of carbonyl (C=O) groups is 2. The van der Waals surface area contributed by atoms with Crippen molar-refractivity contribution >= 4 is 11.9 Å². The fourth-order valence-electron chi connectivity index (χ4n) is 12.2. The summed E-state index contributed by atoms with van der Waals surface area (Å²) in [5.41, 5.74) is 1.13. The number of benzene rings is 2. The Kier molecular flexibility index (Phi) is 22.8. The number of alkyl halides is 4. The van der Waals surface area contributed by atoms with Crippen molar-refractivity contribution in [2.45, 2.75) is 219 Å². The number of carboxylic acids is 1. The molecule has 4 aliphatic carbocycles. The Morgan fingerprint density at radius 1 is 0.538 bits per heavy atom. The summed E-state index contributed by atoms with van der Waals surface area (Å²) in [6, 6.07) is 13.0. The van der Waals surface area contributed by atoms with Gasteiger partial charge in [-0.3, -0.25) is 9.59 Å². The number of carboxylic acid groups (broad SMARTS) is 1. The van der Waals surface area contributed by atoms with Crippen LogP contribution in [0, 0.1) is 41.4 Å². The van der Waals surface area contributed by atoms with Gasteiger partial charge in [0.25, 0.3) is 0 Å². The highest BCUT2D eigenvalue weighted by Crippen LogP contribution is 2.53. The van der Waals surface area contributed by atoms with Gasteiger partial charge in [-0.25, -0.2) is 0 Å². The summed E-state index contributed by atoms with van der Waals surface area (Å²) in [7, 11) is 0. The first kappa shape index (κ1) is 52.7. The summed E-state index contributed by atoms with van der Waals surface area (Å²) < 4.78 is 64.0. The van der Waals surface area contributed by atoms with Crippen molar-refractivity contribution in [2.24, 2.45) is 41.4 Å². The highest BCUT2D eigenvalue weighted by atomic mass is 19.3. The summed E-state index contributed by atoms with van der Waals surface area (Å²) in [6.45, 7) is -1.15. The van der Waals surface area contributed by atoms with Gasteiger partial charge in [0.1, 0.15) is 17.2 Å². The number of carbonyl (C=O) groups excluding carboxylic acids is 1. The van der Waals surface area contributed by atoms with Crippen molar-refractivity contribution < 1.29 is 46.5 Å². The van der Waals surface area contributed by atoms with E-state index in [9.17, 15) is 32.3 Å². The van der Waals surface area contributed by atoms with Crippen LogP contribution in [0.4, 0.5) is 17.6 Å². The molecule has 0 atom stereocenters.